The fourth-order valence-electron chi connectivity index (χ4n) is 1.55. The van der Waals surface area contributed by atoms with Crippen molar-refractivity contribution < 1.29 is 4.65 Å². The summed E-state index contributed by atoms with van der Waals surface area (Å²) < 4.78 is 5.75. The summed E-state index contributed by atoms with van der Waals surface area (Å²) >= 11 is 0. The monoisotopic (exact) mass is 176 g/mol. The van der Waals surface area contributed by atoms with E-state index in [-0.39, 0.29) is 0 Å². The van der Waals surface area contributed by atoms with Gasteiger partial charge in [0.15, 0.2) is 0 Å². The Morgan fingerprint density at radius 2 is 2.62 bits per heavy atom. The van der Waals surface area contributed by atoms with E-state index < -0.39 is 0 Å². The molecule has 0 bridgehead atoms. The van der Waals surface area contributed by atoms with Gasteiger partial charge in [0.25, 0.3) is 0 Å². The van der Waals surface area contributed by atoms with Gasteiger partial charge in [-0.05, 0) is 12.4 Å². The van der Waals surface area contributed by atoms with Crippen molar-refractivity contribution in [3.05, 3.63) is 18.5 Å². The minimum atomic E-state index is 0.307. The van der Waals surface area contributed by atoms with Crippen molar-refractivity contribution in [2.45, 2.75) is 19.7 Å². The Labute approximate surface area is 78.6 Å². The Morgan fingerprint density at radius 1 is 1.69 bits per heavy atom. The lowest BCUT2D eigenvalue weighted by atomic mass is 9.63. The van der Waals surface area contributed by atoms with Gasteiger partial charge < -0.3 is 9.97 Å². The summed E-state index contributed by atoms with van der Waals surface area (Å²) in [5, 5.41) is 3.33. The summed E-state index contributed by atoms with van der Waals surface area (Å²) in [6, 6.07) is 1.94. The molecule has 0 spiro atoms. The lowest BCUT2D eigenvalue weighted by Gasteiger charge is -2.24. The molecular weight excluding hydrogens is 163 g/mol. The molecule has 0 amide bonds. The summed E-state index contributed by atoms with van der Waals surface area (Å²) in [7, 11) is 0. The molecule has 1 aromatic rings. The molecule has 0 aliphatic carbocycles. The number of pyridine rings is 1. The molecule has 2 rings (SSSR count). The van der Waals surface area contributed by atoms with E-state index in [4.69, 9.17) is 4.65 Å². The molecule has 2 heterocycles. The minimum Gasteiger partial charge on any atom is -0.556 e. The third-order valence-corrected chi connectivity index (χ3v) is 2.21. The van der Waals surface area contributed by atoms with Crippen LogP contribution >= 0.6 is 0 Å². The van der Waals surface area contributed by atoms with E-state index in [1.165, 1.54) is 0 Å². The molecule has 4 heteroatoms. The van der Waals surface area contributed by atoms with Gasteiger partial charge in [-0.25, -0.2) is 0 Å². The second kappa shape index (κ2) is 3.68. The Bertz CT molecular complexity index is 293. The van der Waals surface area contributed by atoms with Crippen molar-refractivity contribution in [1.29, 1.82) is 0 Å². The van der Waals surface area contributed by atoms with E-state index >= 15 is 0 Å². The van der Waals surface area contributed by atoms with Crippen molar-refractivity contribution in [1.82, 2.24) is 4.98 Å². The Kier molecular flexibility index (Phi) is 2.39. The van der Waals surface area contributed by atoms with Crippen molar-refractivity contribution in [3.63, 3.8) is 0 Å². The van der Waals surface area contributed by atoms with Crippen LogP contribution in [0, 0.1) is 0 Å². The highest BCUT2D eigenvalue weighted by molar-refractivity contribution is 6.54. The fourth-order valence-corrected chi connectivity index (χ4v) is 1.55. The SMILES string of the molecule is CCCB1CNc2ccncc2O1. The molecule has 0 atom stereocenters. The number of rotatable bonds is 2. The van der Waals surface area contributed by atoms with Gasteiger partial charge in [-0.15, -0.1) is 0 Å². The topological polar surface area (TPSA) is 34.2 Å². The van der Waals surface area contributed by atoms with Crippen LogP contribution in [0.1, 0.15) is 13.3 Å². The molecule has 1 N–H and O–H groups in total. The van der Waals surface area contributed by atoms with Crippen molar-refractivity contribution in [2.24, 2.45) is 0 Å². The second-order valence-electron chi connectivity index (χ2n) is 3.28. The number of nitrogens with zero attached hydrogens (tertiary/aromatic N) is 1. The Balaban J connectivity index is 2.11. The average molecular weight is 176 g/mol. The molecule has 0 saturated carbocycles. The number of fused-ring (bicyclic) bond motifs is 1. The zero-order chi connectivity index (χ0) is 9.10. The third-order valence-electron chi connectivity index (χ3n) is 2.21. The van der Waals surface area contributed by atoms with Crippen molar-refractivity contribution >= 4 is 12.6 Å². The van der Waals surface area contributed by atoms with E-state index in [0.29, 0.717) is 6.92 Å². The highest BCUT2D eigenvalue weighted by atomic mass is 16.4. The van der Waals surface area contributed by atoms with Crippen LogP contribution in [0.2, 0.25) is 6.32 Å². The molecule has 0 aromatic carbocycles. The normalized spacial score (nSPS) is 14.4. The van der Waals surface area contributed by atoms with E-state index in [1.54, 1.807) is 12.4 Å². The maximum atomic E-state index is 5.75. The molecule has 3 nitrogen and oxygen atoms in total. The van der Waals surface area contributed by atoms with Gasteiger partial charge in [-0.2, -0.15) is 0 Å². The van der Waals surface area contributed by atoms with Crippen LogP contribution in [0.3, 0.4) is 0 Å². The lowest BCUT2D eigenvalue weighted by Crippen LogP contribution is -2.35. The second-order valence-corrected chi connectivity index (χ2v) is 3.28. The van der Waals surface area contributed by atoms with Crippen LogP contribution in [-0.2, 0) is 0 Å². The molecule has 0 fully saturated rings. The van der Waals surface area contributed by atoms with Crippen LogP contribution in [-0.4, -0.2) is 18.3 Å². The summed E-state index contributed by atoms with van der Waals surface area (Å²) in [6.45, 7) is 2.48. The number of hydrogen-bond donors (Lipinski definition) is 1. The first-order chi connectivity index (χ1) is 6.40. The summed E-state index contributed by atoms with van der Waals surface area (Å²) in [4.78, 5) is 4.03. The van der Waals surface area contributed by atoms with Crippen LogP contribution in [0.4, 0.5) is 5.69 Å². The largest absolute Gasteiger partial charge is 0.556 e. The molecule has 0 saturated heterocycles. The van der Waals surface area contributed by atoms with E-state index in [0.717, 1.165) is 30.6 Å². The van der Waals surface area contributed by atoms with Crippen LogP contribution in [0.5, 0.6) is 5.75 Å². The zero-order valence-electron chi connectivity index (χ0n) is 7.79. The smallest absolute Gasteiger partial charge is 0.377 e. The summed E-state index contributed by atoms with van der Waals surface area (Å²) in [6.07, 6.45) is 6.70. The molecule has 1 aliphatic rings. The van der Waals surface area contributed by atoms with Gasteiger partial charge in [0.1, 0.15) is 5.75 Å². The molecule has 13 heavy (non-hydrogen) atoms. The fraction of sp³-hybridized carbons (Fsp3) is 0.444. The van der Waals surface area contributed by atoms with Crippen LogP contribution in [0.15, 0.2) is 18.5 Å². The maximum Gasteiger partial charge on any atom is 0.377 e. The van der Waals surface area contributed by atoms with E-state index in [9.17, 15) is 0 Å². The highest BCUT2D eigenvalue weighted by Crippen LogP contribution is 2.26. The molecule has 0 radical (unpaired) electrons. The molecule has 68 valence electrons. The average Bonchev–Trinajstić information content (AvgIpc) is 2.18. The molecule has 1 aliphatic heterocycles. The number of hydrogen-bond acceptors (Lipinski definition) is 3. The Morgan fingerprint density at radius 3 is 3.46 bits per heavy atom. The lowest BCUT2D eigenvalue weighted by molar-refractivity contribution is 0.553. The summed E-state index contributed by atoms with van der Waals surface area (Å²) in [5.74, 6) is 0.882. The first kappa shape index (κ1) is 8.41. The zero-order valence-corrected chi connectivity index (χ0v) is 7.79. The Hall–Kier alpha value is -1.19. The summed E-state index contributed by atoms with van der Waals surface area (Å²) in [5.41, 5.74) is 1.06. The van der Waals surface area contributed by atoms with E-state index in [2.05, 4.69) is 17.2 Å². The van der Waals surface area contributed by atoms with Gasteiger partial charge in [-0.3, -0.25) is 4.98 Å². The molecule has 0 unspecified atom stereocenters. The first-order valence-electron chi connectivity index (χ1n) is 4.74. The highest BCUT2D eigenvalue weighted by Gasteiger charge is 2.22. The first-order valence-corrected chi connectivity index (χ1v) is 4.74. The van der Waals surface area contributed by atoms with Crippen molar-refractivity contribution in [2.75, 3.05) is 11.8 Å². The minimum absolute atomic E-state index is 0.307. The van der Waals surface area contributed by atoms with Crippen LogP contribution in [0.25, 0.3) is 0 Å². The van der Waals surface area contributed by atoms with E-state index in [1.807, 2.05) is 6.07 Å². The van der Waals surface area contributed by atoms with Gasteiger partial charge in [0, 0.05) is 12.6 Å². The van der Waals surface area contributed by atoms with Crippen LogP contribution < -0.4 is 9.97 Å². The maximum absolute atomic E-state index is 5.75. The van der Waals surface area contributed by atoms with Crippen molar-refractivity contribution in [3.8, 4) is 5.75 Å². The quantitative estimate of drug-likeness (QED) is 0.698. The standard InChI is InChI=1S/C9H13BN2O/c1-2-4-10-7-12-8-3-5-11-6-9(8)13-10/h3,5-6,12H,2,4,7H2,1H3. The molecule has 1 aromatic heterocycles. The van der Waals surface area contributed by atoms with Gasteiger partial charge in [0.2, 0.25) is 0 Å². The number of aromatic nitrogens is 1. The van der Waals surface area contributed by atoms with Gasteiger partial charge in [-0.1, -0.05) is 13.3 Å². The van der Waals surface area contributed by atoms with Gasteiger partial charge >= 0.3 is 6.92 Å². The van der Waals surface area contributed by atoms with Gasteiger partial charge in [0.05, 0.1) is 11.9 Å². The predicted molar refractivity (Wildman–Crippen MR) is 54.2 cm³/mol. The number of nitrogens with one attached hydrogen (secondary N) is 1. The predicted octanol–water partition coefficient (Wildman–Crippen LogP) is 1.83. The number of anilines is 1. The third kappa shape index (κ3) is 1.77. The molecular formula is C9H13BN2O.